The van der Waals surface area contributed by atoms with Gasteiger partial charge in [0.15, 0.2) is 0 Å². The zero-order valence-corrected chi connectivity index (χ0v) is 10.3. The second kappa shape index (κ2) is 5.56. The lowest BCUT2D eigenvalue weighted by atomic mass is 9.90. The molecule has 0 spiro atoms. The van der Waals surface area contributed by atoms with E-state index in [1.165, 1.54) is 0 Å². The van der Waals surface area contributed by atoms with Gasteiger partial charge in [0.1, 0.15) is 0 Å². The Morgan fingerprint density at radius 2 is 2.06 bits per heavy atom. The molecule has 4 heteroatoms. The molecule has 1 atom stereocenters. The quantitative estimate of drug-likeness (QED) is 0.868. The maximum atomic E-state index is 10.9. The Morgan fingerprint density at radius 1 is 1.35 bits per heavy atom. The fourth-order valence-electron chi connectivity index (χ4n) is 2.16. The minimum absolute atomic E-state index is 0.242. The summed E-state index contributed by atoms with van der Waals surface area (Å²) in [6.07, 6.45) is 1.47. The Kier molecular flexibility index (Phi) is 4.07. The Morgan fingerprint density at radius 3 is 2.71 bits per heavy atom. The van der Waals surface area contributed by atoms with Crippen molar-refractivity contribution in [1.29, 1.82) is 0 Å². The first-order valence-corrected chi connectivity index (χ1v) is 6.93. The number of rotatable bonds is 3. The lowest BCUT2D eigenvalue weighted by Gasteiger charge is -2.26. The number of hydrogen-bond acceptors (Lipinski definition) is 3. The third-order valence-corrected chi connectivity index (χ3v) is 4.24. The molecule has 1 unspecified atom stereocenters. The van der Waals surface area contributed by atoms with Crippen LogP contribution in [0.3, 0.4) is 0 Å². The van der Waals surface area contributed by atoms with Crippen molar-refractivity contribution in [1.82, 2.24) is 0 Å². The summed E-state index contributed by atoms with van der Waals surface area (Å²) in [5, 5.41) is 19.2. The average Bonchev–Trinajstić information content (AvgIpc) is 2.39. The van der Waals surface area contributed by atoms with Gasteiger partial charge in [-0.05, 0) is 48.0 Å². The van der Waals surface area contributed by atoms with E-state index in [0.29, 0.717) is 0 Å². The van der Waals surface area contributed by atoms with E-state index in [2.05, 4.69) is 0 Å². The van der Waals surface area contributed by atoms with Crippen LogP contribution in [0.1, 0.15) is 34.9 Å². The summed E-state index contributed by atoms with van der Waals surface area (Å²) >= 11 is 1.91. The van der Waals surface area contributed by atoms with Gasteiger partial charge in [-0.2, -0.15) is 11.8 Å². The maximum Gasteiger partial charge on any atom is 0.335 e. The molecule has 0 saturated carbocycles. The number of thioether (sulfide) groups is 1. The molecule has 0 amide bonds. The topological polar surface area (TPSA) is 57.5 Å². The summed E-state index contributed by atoms with van der Waals surface area (Å²) in [7, 11) is 0. The molecule has 2 N–H and O–H groups in total. The van der Waals surface area contributed by atoms with E-state index in [1.54, 1.807) is 24.3 Å². The molecule has 1 heterocycles. The Hall–Kier alpha value is -1.00. The van der Waals surface area contributed by atoms with Gasteiger partial charge in [0.05, 0.1) is 11.7 Å². The minimum atomic E-state index is -0.946. The largest absolute Gasteiger partial charge is 0.478 e. The van der Waals surface area contributed by atoms with Gasteiger partial charge in [0.25, 0.3) is 0 Å². The molecule has 0 bridgehead atoms. The van der Waals surface area contributed by atoms with E-state index in [9.17, 15) is 9.90 Å². The van der Waals surface area contributed by atoms with Gasteiger partial charge in [-0.1, -0.05) is 12.1 Å². The molecule has 1 aliphatic rings. The molecular weight excluding hydrogens is 236 g/mol. The number of carbonyl (C=O) groups is 1. The zero-order valence-electron chi connectivity index (χ0n) is 9.50. The van der Waals surface area contributed by atoms with Crippen molar-refractivity contribution in [3.05, 3.63) is 35.4 Å². The maximum absolute atomic E-state index is 10.9. The molecular formula is C13H16O3S. The summed E-state index contributed by atoms with van der Waals surface area (Å²) in [4.78, 5) is 10.9. The smallest absolute Gasteiger partial charge is 0.335 e. The highest BCUT2D eigenvalue weighted by molar-refractivity contribution is 7.99. The lowest BCUT2D eigenvalue weighted by Crippen LogP contribution is -2.18. The summed E-state index contributed by atoms with van der Waals surface area (Å²) < 4.78 is 0. The van der Waals surface area contributed by atoms with Crippen LogP contribution in [0.25, 0.3) is 0 Å². The van der Waals surface area contributed by atoms with Gasteiger partial charge in [0, 0.05) is 0 Å². The molecule has 3 nitrogen and oxygen atoms in total. The number of aromatic carboxylic acids is 1. The van der Waals surface area contributed by atoms with Crippen LogP contribution in [0.15, 0.2) is 24.3 Å². The molecule has 17 heavy (non-hydrogen) atoms. The Bertz CT molecular complexity index is 399. The Balaban J connectivity index is 2.14. The van der Waals surface area contributed by atoms with E-state index >= 15 is 0 Å². The van der Waals surface area contributed by atoms with Crippen LogP contribution in [0.2, 0.25) is 0 Å². The van der Waals surface area contributed by atoms with Gasteiger partial charge in [0.2, 0.25) is 0 Å². The number of carboxylic acids is 1. The summed E-state index contributed by atoms with van der Waals surface area (Å²) in [5.74, 6) is 1.49. The van der Waals surface area contributed by atoms with Crippen molar-refractivity contribution in [2.45, 2.75) is 18.9 Å². The SMILES string of the molecule is O=C(O)c1cccc(C(O)C2CCSCC2)c1. The third-order valence-electron chi connectivity index (χ3n) is 3.19. The highest BCUT2D eigenvalue weighted by Crippen LogP contribution is 2.33. The molecule has 92 valence electrons. The van der Waals surface area contributed by atoms with E-state index in [4.69, 9.17) is 5.11 Å². The number of hydrogen-bond donors (Lipinski definition) is 2. The average molecular weight is 252 g/mol. The van der Waals surface area contributed by atoms with Gasteiger partial charge in [-0.15, -0.1) is 0 Å². The molecule has 1 aromatic rings. The molecule has 1 fully saturated rings. The van der Waals surface area contributed by atoms with Crippen molar-refractivity contribution >= 4 is 17.7 Å². The van der Waals surface area contributed by atoms with Crippen LogP contribution in [0, 0.1) is 5.92 Å². The van der Waals surface area contributed by atoms with Crippen LogP contribution in [0.4, 0.5) is 0 Å². The van der Waals surface area contributed by atoms with Crippen molar-refractivity contribution in [3.8, 4) is 0 Å². The van der Waals surface area contributed by atoms with Crippen LogP contribution < -0.4 is 0 Å². The molecule has 1 aromatic carbocycles. The fourth-order valence-corrected chi connectivity index (χ4v) is 3.30. The van der Waals surface area contributed by atoms with Crippen molar-refractivity contribution in [3.63, 3.8) is 0 Å². The van der Waals surface area contributed by atoms with Crippen LogP contribution in [-0.2, 0) is 0 Å². The zero-order chi connectivity index (χ0) is 12.3. The fraction of sp³-hybridized carbons (Fsp3) is 0.462. The molecule has 0 aliphatic carbocycles. The van der Waals surface area contributed by atoms with Crippen LogP contribution >= 0.6 is 11.8 Å². The monoisotopic (exact) mass is 252 g/mol. The first-order chi connectivity index (χ1) is 8.18. The standard InChI is InChI=1S/C13H16O3S/c14-12(9-4-6-17-7-5-9)10-2-1-3-11(8-10)13(15)16/h1-3,8-9,12,14H,4-7H2,(H,15,16). The lowest BCUT2D eigenvalue weighted by molar-refractivity contribution is 0.0695. The van der Waals surface area contributed by atoms with Crippen LogP contribution in [-0.4, -0.2) is 27.7 Å². The molecule has 2 rings (SSSR count). The summed E-state index contributed by atoms with van der Waals surface area (Å²) in [6, 6.07) is 6.63. The normalized spacial score (nSPS) is 18.9. The number of benzene rings is 1. The molecule has 1 saturated heterocycles. The predicted molar refractivity (Wildman–Crippen MR) is 68.4 cm³/mol. The van der Waals surface area contributed by atoms with Gasteiger partial charge in [-0.3, -0.25) is 0 Å². The van der Waals surface area contributed by atoms with E-state index in [-0.39, 0.29) is 11.5 Å². The van der Waals surface area contributed by atoms with Gasteiger partial charge < -0.3 is 10.2 Å². The first kappa shape index (κ1) is 12.5. The predicted octanol–water partition coefficient (Wildman–Crippen LogP) is 2.56. The first-order valence-electron chi connectivity index (χ1n) is 5.77. The van der Waals surface area contributed by atoms with Crippen molar-refractivity contribution in [2.24, 2.45) is 5.92 Å². The van der Waals surface area contributed by atoms with E-state index in [1.807, 2.05) is 11.8 Å². The molecule has 0 radical (unpaired) electrons. The Labute approximate surface area is 105 Å². The van der Waals surface area contributed by atoms with E-state index < -0.39 is 12.1 Å². The highest BCUT2D eigenvalue weighted by Gasteiger charge is 2.23. The van der Waals surface area contributed by atoms with Gasteiger partial charge >= 0.3 is 5.97 Å². The highest BCUT2D eigenvalue weighted by atomic mass is 32.2. The second-order valence-corrected chi connectivity index (χ2v) is 5.55. The second-order valence-electron chi connectivity index (χ2n) is 4.33. The molecule has 1 aliphatic heterocycles. The van der Waals surface area contributed by atoms with Gasteiger partial charge in [-0.25, -0.2) is 4.79 Å². The third kappa shape index (κ3) is 3.01. The van der Waals surface area contributed by atoms with Crippen molar-refractivity contribution in [2.75, 3.05) is 11.5 Å². The summed E-state index contributed by atoms with van der Waals surface area (Å²) in [6.45, 7) is 0. The minimum Gasteiger partial charge on any atom is -0.478 e. The van der Waals surface area contributed by atoms with Crippen molar-refractivity contribution < 1.29 is 15.0 Å². The number of aliphatic hydroxyl groups excluding tert-OH is 1. The van der Waals surface area contributed by atoms with Crippen LogP contribution in [0.5, 0.6) is 0 Å². The summed E-state index contributed by atoms with van der Waals surface area (Å²) in [5.41, 5.74) is 0.966. The number of carboxylic acid groups (broad SMARTS) is 1. The number of aliphatic hydroxyl groups is 1. The molecule has 0 aromatic heterocycles. The van der Waals surface area contributed by atoms with E-state index in [0.717, 1.165) is 29.9 Å².